The first-order valence-electron chi connectivity index (χ1n) is 16.1. The van der Waals surface area contributed by atoms with Crippen molar-refractivity contribution >= 4 is 48.2 Å². The molecule has 0 radical (unpaired) electrons. The fourth-order valence-electron chi connectivity index (χ4n) is 7.01. The average molecular weight is 831 g/mol. The van der Waals surface area contributed by atoms with Gasteiger partial charge in [-0.3, -0.25) is 9.98 Å². The van der Waals surface area contributed by atoms with Gasteiger partial charge in [-0.15, -0.1) is 0 Å². The molecule has 0 spiro atoms. The SMILES string of the molecule is CCC1CC(C(F)(F)F)CC(CC)C1N=C(C)C(CCCO[Si](C)(C)C)=NC1C(CC)CC(C(F)(F)F)CC1CC.[Br][Ni][Br]. The van der Waals surface area contributed by atoms with Crippen molar-refractivity contribution < 1.29 is 41.7 Å². The Balaban J connectivity index is 0.00000309. The minimum absolute atomic E-state index is 0.0874. The normalized spacial score (nSPS) is 31.1. The molecule has 264 valence electrons. The molecule has 0 amide bonds. The van der Waals surface area contributed by atoms with Gasteiger partial charge in [-0.2, -0.15) is 26.3 Å². The topological polar surface area (TPSA) is 34.0 Å². The second-order valence-corrected chi connectivity index (χ2v) is 23.0. The van der Waals surface area contributed by atoms with Crippen LogP contribution >= 0.6 is 28.5 Å². The van der Waals surface area contributed by atoms with Crippen molar-refractivity contribution in [2.45, 2.75) is 143 Å². The quantitative estimate of drug-likeness (QED) is 0.0835. The van der Waals surface area contributed by atoms with Gasteiger partial charge in [-0.1, -0.05) is 53.4 Å². The summed E-state index contributed by atoms with van der Waals surface area (Å²) in [6.07, 6.45) is -4.25. The van der Waals surface area contributed by atoms with Crippen molar-refractivity contribution in [3.05, 3.63) is 0 Å². The summed E-state index contributed by atoms with van der Waals surface area (Å²) in [6.45, 7) is 16.6. The van der Waals surface area contributed by atoms with Crippen LogP contribution in [0.25, 0.3) is 0 Å². The van der Waals surface area contributed by atoms with Gasteiger partial charge >= 0.3 is 51.7 Å². The van der Waals surface area contributed by atoms with Crippen LogP contribution in [0.1, 0.15) is 98.8 Å². The van der Waals surface area contributed by atoms with Crippen molar-refractivity contribution in [1.29, 1.82) is 0 Å². The van der Waals surface area contributed by atoms with Gasteiger partial charge in [0.15, 0.2) is 8.32 Å². The molecule has 0 N–H and O–H groups in total. The van der Waals surface area contributed by atoms with Gasteiger partial charge in [0.2, 0.25) is 0 Å². The van der Waals surface area contributed by atoms with E-state index in [-0.39, 0.29) is 61.4 Å². The molecule has 2 saturated carbocycles. The molecule has 0 heterocycles. The molecule has 0 aromatic rings. The Morgan fingerprint density at radius 2 is 1.07 bits per heavy atom. The van der Waals surface area contributed by atoms with Gasteiger partial charge in [-0.05, 0) is 88.8 Å². The maximum absolute atomic E-state index is 13.7. The Kier molecular flexibility index (Phi) is 18.9. The molecule has 13 heteroatoms. The predicted octanol–water partition coefficient (Wildman–Crippen LogP) is 12.0. The second kappa shape index (κ2) is 19.5. The summed E-state index contributed by atoms with van der Waals surface area (Å²) < 4.78 is 88.4. The van der Waals surface area contributed by atoms with Crippen LogP contribution in [-0.4, -0.2) is 50.8 Å². The standard InChI is InChI=1S/C31H54F6N2OSi.2BrH.Ni/c1-9-21-16-25(30(32,33)34)17-22(10-2)28(21)38-20(5)27(14-13-15-40-41(6,7)8)39-29-23(11-3)18-26(31(35,36)37)19-24(29)12-4;;;/h21-26,28-29H,9-19H2,1-8H3;2*1H;/q;;;+2/p-2. The van der Waals surface area contributed by atoms with E-state index in [9.17, 15) is 26.3 Å². The van der Waals surface area contributed by atoms with Crippen LogP contribution in [0.5, 0.6) is 0 Å². The monoisotopic (exact) mass is 828 g/mol. The van der Waals surface area contributed by atoms with E-state index in [2.05, 4.69) is 48.1 Å². The summed E-state index contributed by atoms with van der Waals surface area (Å²) in [4.78, 5) is 10.3. The Hall–Kier alpha value is 0.550. The van der Waals surface area contributed by atoms with Crippen molar-refractivity contribution in [1.82, 2.24) is 0 Å². The zero-order valence-electron chi connectivity index (χ0n) is 27.5. The fourth-order valence-corrected chi connectivity index (χ4v) is 7.76. The first-order valence-corrected chi connectivity index (χ1v) is 24.4. The number of rotatable bonds is 12. The number of nitrogens with zero attached hydrogens (tertiary/aromatic N) is 2. The summed E-state index contributed by atoms with van der Waals surface area (Å²) in [6, 6.07) is -0.427. The van der Waals surface area contributed by atoms with Gasteiger partial charge in [0, 0.05) is 6.61 Å². The molecule has 0 aromatic heterocycles. The van der Waals surface area contributed by atoms with Crippen LogP contribution in [-0.2, 0) is 15.3 Å². The van der Waals surface area contributed by atoms with E-state index in [4.69, 9.17) is 14.4 Å². The van der Waals surface area contributed by atoms with Crippen molar-refractivity contribution in [3.8, 4) is 0 Å². The van der Waals surface area contributed by atoms with Crippen LogP contribution in [0, 0.1) is 35.5 Å². The molecule has 2 rings (SSSR count). The third-order valence-corrected chi connectivity index (χ3v) is 10.5. The van der Waals surface area contributed by atoms with E-state index < -0.39 is 32.5 Å². The van der Waals surface area contributed by atoms with Crippen molar-refractivity contribution in [2.24, 2.45) is 45.5 Å². The number of alkyl halides is 6. The average Bonchev–Trinajstić information content (AvgIpc) is 2.92. The number of hydrogen-bond donors (Lipinski definition) is 0. The van der Waals surface area contributed by atoms with E-state index >= 15 is 0 Å². The first-order chi connectivity index (χ1) is 20.4. The van der Waals surface area contributed by atoms with E-state index in [1.54, 1.807) is 0 Å². The Morgan fingerprint density at radius 3 is 1.36 bits per heavy atom. The summed E-state index contributed by atoms with van der Waals surface area (Å²) in [5, 5.41) is 0. The van der Waals surface area contributed by atoms with E-state index in [1.165, 1.54) is 10.9 Å². The van der Waals surface area contributed by atoms with Gasteiger partial charge in [-0.25, -0.2) is 0 Å². The molecule has 3 nitrogen and oxygen atoms in total. The number of hydrogen-bond acceptors (Lipinski definition) is 3. The number of aliphatic imine (C=N–C) groups is 2. The van der Waals surface area contributed by atoms with Gasteiger partial charge < -0.3 is 4.43 Å². The summed E-state index contributed by atoms with van der Waals surface area (Å²) in [7, 11) is -0.462. The van der Waals surface area contributed by atoms with Gasteiger partial charge in [0.05, 0.1) is 35.3 Å². The van der Waals surface area contributed by atoms with Gasteiger partial charge in [0.25, 0.3) is 0 Å². The zero-order chi connectivity index (χ0) is 33.9. The molecule has 0 aromatic carbocycles. The first kappa shape index (κ1) is 42.6. The number of halogens is 8. The molecule has 2 fully saturated rings. The molecular formula is C31H54Br2F6N2NiOSi. The molecule has 0 bridgehead atoms. The summed E-state index contributed by atoms with van der Waals surface area (Å²) >= 11 is 6.00. The van der Waals surface area contributed by atoms with Gasteiger partial charge in [0.1, 0.15) is 0 Å². The minimum atomic E-state index is -4.20. The van der Waals surface area contributed by atoms with Crippen LogP contribution in [0.4, 0.5) is 26.3 Å². The van der Waals surface area contributed by atoms with Crippen molar-refractivity contribution in [2.75, 3.05) is 6.61 Å². The Bertz CT molecular complexity index is 872. The van der Waals surface area contributed by atoms with E-state index in [0.29, 0.717) is 38.7 Å². The third kappa shape index (κ3) is 14.0. The molecule has 44 heavy (non-hydrogen) atoms. The van der Waals surface area contributed by atoms with Crippen molar-refractivity contribution in [3.63, 3.8) is 0 Å². The molecule has 0 saturated heterocycles. The predicted molar refractivity (Wildman–Crippen MR) is 177 cm³/mol. The zero-order valence-corrected chi connectivity index (χ0v) is 32.7. The molecule has 4 atom stereocenters. The van der Waals surface area contributed by atoms with Crippen LogP contribution in [0.2, 0.25) is 19.6 Å². The summed E-state index contributed by atoms with van der Waals surface area (Å²) in [5.74, 6) is -3.27. The summed E-state index contributed by atoms with van der Waals surface area (Å²) in [5.41, 5.74) is 1.52. The second-order valence-electron chi connectivity index (χ2n) is 13.5. The Labute approximate surface area is 283 Å². The maximum atomic E-state index is 13.7. The molecule has 2 aliphatic carbocycles. The molecular weight excluding hydrogens is 777 g/mol. The fraction of sp³-hybridized carbons (Fsp3) is 0.935. The third-order valence-electron chi connectivity index (χ3n) is 9.46. The van der Waals surface area contributed by atoms with Crippen LogP contribution < -0.4 is 0 Å². The van der Waals surface area contributed by atoms with Crippen LogP contribution in [0.15, 0.2) is 9.98 Å². The molecule has 0 aliphatic heterocycles. The van der Waals surface area contributed by atoms with E-state index in [1.807, 2.05) is 34.6 Å². The van der Waals surface area contributed by atoms with E-state index in [0.717, 1.165) is 17.8 Å². The Morgan fingerprint density at radius 1 is 0.727 bits per heavy atom. The molecule has 4 unspecified atom stereocenters. The molecule has 2 aliphatic rings. The van der Waals surface area contributed by atoms with Crippen LogP contribution in [0.3, 0.4) is 0 Å².